The van der Waals surface area contributed by atoms with Crippen LogP contribution in [0.25, 0.3) is 0 Å². The molecule has 0 aromatic heterocycles. The predicted octanol–water partition coefficient (Wildman–Crippen LogP) is 14.9. The average Bonchev–Trinajstić information content (AvgIpc) is 3.30. The lowest BCUT2D eigenvalue weighted by Crippen LogP contribution is -2.10. The van der Waals surface area contributed by atoms with Gasteiger partial charge in [-0.25, -0.2) is 18.4 Å². The zero-order chi connectivity index (χ0) is 45.2. The van der Waals surface area contributed by atoms with Gasteiger partial charge in [0, 0.05) is 18.5 Å². The van der Waals surface area contributed by atoms with Crippen LogP contribution in [0, 0.1) is 11.6 Å². The molecule has 0 atom stereocenters. The third-order valence-electron chi connectivity index (χ3n) is 10.6. The lowest BCUT2D eigenvalue weighted by molar-refractivity contribution is 0.0732. The SMILES string of the molecule is CCCCCCCCCCOc1ccc(C=Nc2ccc(C(=O)Oc3cccc(OC(=O)c4ccc(N=Cc5ccc(OCCCCCCCCCC)c(F)c5)cc4)c3)cc2)cc1F. The highest BCUT2D eigenvalue weighted by atomic mass is 19.1. The molecule has 0 spiro atoms. The molecule has 0 aliphatic rings. The van der Waals surface area contributed by atoms with Gasteiger partial charge < -0.3 is 18.9 Å². The quantitative estimate of drug-likeness (QED) is 0.0215. The molecule has 0 fully saturated rings. The van der Waals surface area contributed by atoms with Crippen LogP contribution in [0.4, 0.5) is 20.2 Å². The van der Waals surface area contributed by atoms with Crippen molar-refractivity contribution in [3.63, 3.8) is 0 Å². The van der Waals surface area contributed by atoms with Crippen LogP contribution in [-0.2, 0) is 0 Å². The van der Waals surface area contributed by atoms with Crippen LogP contribution in [-0.4, -0.2) is 37.6 Å². The molecule has 5 aromatic carbocycles. The van der Waals surface area contributed by atoms with Crippen LogP contribution >= 0.6 is 0 Å². The van der Waals surface area contributed by atoms with E-state index in [1.165, 1.54) is 95.2 Å². The molecule has 64 heavy (non-hydrogen) atoms. The third-order valence-corrected chi connectivity index (χ3v) is 10.6. The molecule has 10 heteroatoms. The molecule has 5 rings (SSSR count). The molecule has 5 aromatic rings. The molecule has 0 heterocycles. The molecular weight excluding hydrogens is 811 g/mol. The maximum Gasteiger partial charge on any atom is 0.343 e. The molecular formula is C54H62F2N2O6. The average molecular weight is 873 g/mol. The first-order chi connectivity index (χ1) is 31.3. The second-order valence-corrected chi connectivity index (χ2v) is 15.9. The van der Waals surface area contributed by atoms with Gasteiger partial charge in [-0.15, -0.1) is 0 Å². The third kappa shape index (κ3) is 17.5. The van der Waals surface area contributed by atoms with E-state index in [0.717, 1.165) is 25.7 Å². The number of ether oxygens (including phenoxy) is 4. The number of benzene rings is 5. The zero-order valence-electron chi connectivity index (χ0n) is 37.4. The minimum Gasteiger partial charge on any atom is -0.491 e. The van der Waals surface area contributed by atoms with Gasteiger partial charge in [0.1, 0.15) is 11.5 Å². The monoisotopic (exact) mass is 872 g/mol. The van der Waals surface area contributed by atoms with Crippen molar-refractivity contribution in [2.24, 2.45) is 9.98 Å². The van der Waals surface area contributed by atoms with E-state index in [2.05, 4.69) is 23.8 Å². The summed E-state index contributed by atoms with van der Waals surface area (Å²) in [6, 6.07) is 28.7. The zero-order valence-corrected chi connectivity index (χ0v) is 37.4. The molecule has 0 aliphatic heterocycles. The van der Waals surface area contributed by atoms with Gasteiger partial charge in [-0.1, -0.05) is 110 Å². The molecule has 8 nitrogen and oxygen atoms in total. The van der Waals surface area contributed by atoms with Crippen LogP contribution in [0.5, 0.6) is 23.0 Å². The number of nitrogens with zero attached hydrogens (tertiary/aromatic N) is 2. The Morgan fingerprint density at radius 3 is 1.22 bits per heavy atom. The Bertz CT molecular complexity index is 2090. The highest BCUT2D eigenvalue weighted by molar-refractivity contribution is 5.93. The minimum absolute atomic E-state index is 0.189. The van der Waals surface area contributed by atoms with Gasteiger partial charge in [0.15, 0.2) is 23.1 Å². The van der Waals surface area contributed by atoms with E-state index in [9.17, 15) is 18.4 Å². The van der Waals surface area contributed by atoms with E-state index in [4.69, 9.17) is 18.9 Å². The number of rotatable bonds is 28. The molecule has 0 saturated carbocycles. The summed E-state index contributed by atoms with van der Waals surface area (Å²) in [6.45, 7) is 5.40. The molecule has 0 bridgehead atoms. The van der Waals surface area contributed by atoms with Crippen molar-refractivity contribution in [3.05, 3.63) is 143 Å². The maximum absolute atomic E-state index is 14.7. The van der Waals surface area contributed by atoms with Crippen molar-refractivity contribution in [1.82, 2.24) is 0 Å². The number of hydrogen-bond acceptors (Lipinski definition) is 8. The Kier molecular flexibility index (Phi) is 21.2. The summed E-state index contributed by atoms with van der Waals surface area (Å²) in [5, 5.41) is 0. The van der Waals surface area contributed by atoms with Crippen molar-refractivity contribution in [3.8, 4) is 23.0 Å². The number of hydrogen-bond donors (Lipinski definition) is 0. The molecule has 0 aliphatic carbocycles. The Morgan fingerprint density at radius 2 is 0.844 bits per heavy atom. The topological polar surface area (TPSA) is 95.8 Å². The van der Waals surface area contributed by atoms with Gasteiger partial charge in [-0.05, 0) is 121 Å². The molecule has 0 N–H and O–H groups in total. The lowest BCUT2D eigenvalue weighted by Gasteiger charge is -2.08. The molecule has 0 unspecified atom stereocenters. The summed E-state index contributed by atoms with van der Waals surface area (Å²) in [5.74, 6) is -1.27. The van der Waals surface area contributed by atoms with E-state index in [1.54, 1.807) is 103 Å². The summed E-state index contributed by atoms with van der Waals surface area (Å²) in [4.78, 5) is 34.7. The maximum atomic E-state index is 14.7. The highest BCUT2D eigenvalue weighted by Crippen LogP contribution is 2.25. The smallest absolute Gasteiger partial charge is 0.343 e. The van der Waals surface area contributed by atoms with E-state index >= 15 is 0 Å². The Labute approximate surface area is 377 Å². The van der Waals surface area contributed by atoms with Gasteiger partial charge in [-0.2, -0.15) is 0 Å². The number of carbonyl (C=O) groups excluding carboxylic acids is 2. The normalized spacial score (nSPS) is 11.3. The van der Waals surface area contributed by atoms with Crippen LogP contribution < -0.4 is 18.9 Å². The van der Waals surface area contributed by atoms with Crippen molar-refractivity contribution in [1.29, 1.82) is 0 Å². The fraction of sp³-hybridized carbons (Fsp3) is 0.370. The van der Waals surface area contributed by atoms with E-state index in [0.29, 0.717) is 35.7 Å². The van der Waals surface area contributed by atoms with Crippen LogP contribution in [0.2, 0.25) is 0 Å². The molecule has 0 radical (unpaired) electrons. The summed E-state index contributed by atoms with van der Waals surface area (Å²) < 4.78 is 51.8. The van der Waals surface area contributed by atoms with Crippen molar-refractivity contribution in [2.75, 3.05) is 13.2 Å². The first kappa shape index (κ1) is 48.9. The first-order valence-electron chi connectivity index (χ1n) is 23.0. The van der Waals surface area contributed by atoms with Gasteiger partial charge in [0.05, 0.1) is 35.7 Å². The number of carbonyl (C=O) groups is 2. The second kappa shape index (κ2) is 27.8. The van der Waals surface area contributed by atoms with Crippen molar-refractivity contribution in [2.45, 2.75) is 117 Å². The van der Waals surface area contributed by atoms with Crippen molar-refractivity contribution < 1.29 is 37.3 Å². The van der Waals surface area contributed by atoms with Crippen LogP contribution in [0.15, 0.2) is 119 Å². The lowest BCUT2D eigenvalue weighted by atomic mass is 10.1. The summed E-state index contributed by atoms with van der Waals surface area (Å²) in [6.07, 6.45) is 22.1. The first-order valence-corrected chi connectivity index (χ1v) is 23.0. The fourth-order valence-corrected chi connectivity index (χ4v) is 6.86. The number of aliphatic imine (C=N–C) groups is 2. The summed E-state index contributed by atoms with van der Waals surface area (Å²) in [5.41, 5.74) is 2.86. The Morgan fingerprint density at radius 1 is 0.469 bits per heavy atom. The standard InChI is InChI=1S/C54H62F2N2O6/c1-3-5-7-9-11-13-15-17-34-61-51-32-22-41(36-49(51)55)39-57-45-28-24-43(25-29-45)53(59)63-47-20-19-21-48(38-47)64-54(60)44-26-30-46(31-27-44)58-40-42-23-33-52(50(56)37-42)62-35-18-16-14-12-10-8-6-4-2/h19-33,36-40H,3-18,34-35H2,1-2H3. The summed E-state index contributed by atoms with van der Waals surface area (Å²) >= 11 is 0. The molecule has 0 saturated heterocycles. The van der Waals surface area contributed by atoms with Crippen molar-refractivity contribution >= 4 is 35.7 Å². The fourth-order valence-electron chi connectivity index (χ4n) is 6.86. The van der Waals surface area contributed by atoms with Gasteiger partial charge >= 0.3 is 11.9 Å². The largest absolute Gasteiger partial charge is 0.491 e. The Balaban J connectivity index is 1.03. The van der Waals surface area contributed by atoms with Crippen LogP contribution in [0.3, 0.4) is 0 Å². The number of halogens is 2. The van der Waals surface area contributed by atoms with Gasteiger partial charge in [0.25, 0.3) is 0 Å². The molecule has 0 amide bonds. The molecule has 338 valence electrons. The van der Waals surface area contributed by atoms with Gasteiger partial charge in [0.2, 0.25) is 0 Å². The predicted molar refractivity (Wildman–Crippen MR) is 253 cm³/mol. The van der Waals surface area contributed by atoms with E-state index in [-0.39, 0.29) is 34.1 Å². The minimum atomic E-state index is -0.610. The summed E-state index contributed by atoms with van der Waals surface area (Å²) in [7, 11) is 0. The van der Waals surface area contributed by atoms with Gasteiger partial charge in [-0.3, -0.25) is 9.98 Å². The Hall–Kier alpha value is -6.16. The second-order valence-electron chi connectivity index (χ2n) is 15.9. The number of unbranched alkanes of at least 4 members (excludes halogenated alkanes) is 14. The highest BCUT2D eigenvalue weighted by Gasteiger charge is 2.13. The number of esters is 2. The van der Waals surface area contributed by atoms with E-state index < -0.39 is 23.6 Å². The van der Waals surface area contributed by atoms with Crippen LogP contribution in [0.1, 0.15) is 148 Å². The van der Waals surface area contributed by atoms with E-state index in [1.807, 2.05) is 0 Å².